The van der Waals surface area contributed by atoms with E-state index in [1.807, 2.05) is 5.38 Å². The van der Waals surface area contributed by atoms with Gasteiger partial charge in [-0.2, -0.15) is 0 Å². The van der Waals surface area contributed by atoms with E-state index in [2.05, 4.69) is 10.1 Å². The molecule has 0 amide bonds. The Bertz CT molecular complexity index is 842. The van der Waals surface area contributed by atoms with E-state index in [-0.39, 0.29) is 5.56 Å². The van der Waals surface area contributed by atoms with Crippen LogP contribution in [0.2, 0.25) is 0 Å². The summed E-state index contributed by atoms with van der Waals surface area (Å²) in [5.41, 5.74) is 1.24. The van der Waals surface area contributed by atoms with Gasteiger partial charge in [-0.15, -0.1) is 11.3 Å². The molecular formula is C19H19F2N3O2S. The molecule has 8 heteroatoms. The number of likely N-dealkylation sites (tertiary alicyclic amines) is 1. The van der Waals surface area contributed by atoms with Gasteiger partial charge in [-0.25, -0.2) is 13.8 Å². The van der Waals surface area contributed by atoms with E-state index in [1.165, 1.54) is 18.2 Å². The lowest BCUT2D eigenvalue weighted by molar-refractivity contribution is -0.109. The Morgan fingerprint density at radius 2 is 2.00 bits per heavy atom. The van der Waals surface area contributed by atoms with Crippen molar-refractivity contribution in [2.75, 3.05) is 19.6 Å². The summed E-state index contributed by atoms with van der Waals surface area (Å²) in [6.07, 6.45) is 2.39. The third-order valence-corrected chi connectivity index (χ3v) is 6.08. The van der Waals surface area contributed by atoms with Gasteiger partial charge in [-0.3, -0.25) is 4.90 Å². The fraction of sp³-hybridized carbons (Fsp3) is 0.421. The molecule has 1 saturated heterocycles. The Labute approximate surface area is 159 Å². The molecule has 1 atom stereocenters. The highest BCUT2D eigenvalue weighted by Crippen LogP contribution is 2.35. The maximum atomic E-state index is 14.0. The fourth-order valence-electron chi connectivity index (χ4n) is 3.58. The van der Waals surface area contributed by atoms with E-state index in [0.29, 0.717) is 30.3 Å². The summed E-state index contributed by atoms with van der Waals surface area (Å²) in [7, 11) is 0. The normalized spacial score (nSPS) is 21.1. The average Bonchev–Trinajstić information content (AvgIpc) is 3.32. The Morgan fingerprint density at radius 1 is 1.26 bits per heavy atom. The van der Waals surface area contributed by atoms with Crippen molar-refractivity contribution in [1.82, 2.24) is 9.88 Å². The maximum absolute atomic E-state index is 14.0. The number of hydrogen-bond donors (Lipinski definition) is 0. The largest absolute Gasteiger partial charge is 0.387 e. The number of benzene rings is 1. The molecule has 0 N–H and O–H groups in total. The quantitative estimate of drug-likeness (QED) is 0.730. The molecule has 1 aromatic carbocycles. The molecule has 5 nitrogen and oxygen atoms in total. The van der Waals surface area contributed by atoms with Crippen LogP contribution in [0.3, 0.4) is 0 Å². The van der Waals surface area contributed by atoms with Crippen LogP contribution in [-0.2, 0) is 9.63 Å². The molecule has 0 spiro atoms. The molecule has 3 heterocycles. The number of oxime groups is 1. The van der Waals surface area contributed by atoms with Crippen LogP contribution < -0.4 is 0 Å². The molecule has 1 aromatic heterocycles. The van der Waals surface area contributed by atoms with Gasteiger partial charge in [0, 0.05) is 17.7 Å². The summed E-state index contributed by atoms with van der Waals surface area (Å²) in [4.78, 5) is 22.7. The fourth-order valence-corrected chi connectivity index (χ4v) is 4.58. The monoisotopic (exact) mass is 391 g/mol. The first-order valence-electron chi connectivity index (χ1n) is 8.94. The SMILES string of the molecule is O=CCN1CCC(c2nc(C3=NO[C@H](c4c(F)cccc4F)C3)cs2)CC1. The first-order valence-corrected chi connectivity index (χ1v) is 9.82. The van der Waals surface area contributed by atoms with Crippen LogP contribution in [0.15, 0.2) is 28.7 Å². The van der Waals surface area contributed by atoms with Gasteiger partial charge in [0.05, 0.1) is 22.8 Å². The van der Waals surface area contributed by atoms with E-state index in [1.54, 1.807) is 11.3 Å². The van der Waals surface area contributed by atoms with Gasteiger partial charge >= 0.3 is 0 Å². The van der Waals surface area contributed by atoms with Gasteiger partial charge in [-0.1, -0.05) is 11.2 Å². The third kappa shape index (κ3) is 3.77. The number of carbonyl (C=O) groups is 1. The molecule has 0 radical (unpaired) electrons. The predicted molar refractivity (Wildman–Crippen MR) is 97.9 cm³/mol. The number of rotatable bonds is 5. The van der Waals surface area contributed by atoms with Crippen molar-refractivity contribution in [3.05, 3.63) is 51.5 Å². The highest BCUT2D eigenvalue weighted by molar-refractivity contribution is 7.10. The van der Waals surface area contributed by atoms with Gasteiger partial charge in [0.1, 0.15) is 23.6 Å². The van der Waals surface area contributed by atoms with Gasteiger partial charge in [0.2, 0.25) is 0 Å². The number of aromatic nitrogens is 1. The summed E-state index contributed by atoms with van der Waals surface area (Å²) < 4.78 is 27.9. The standard InChI is InChI=1S/C19H19F2N3O2S/c20-13-2-1-3-14(21)18(13)17-10-15(23-26-17)16-11-27-19(22-16)12-4-6-24(7-5-12)8-9-25/h1-3,9,11-12,17H,4-8,10H2/t17-/m0/s1. The van der Waals surface area contributed by atoms with Crippen molar-refractivity contribution < 1.29 is 18.4 Å². The van der Waals surface area contributed by atoms with Crippen molar-refractivity contribution in [2.45, 2.75) is 31.3 Å². The summed E-state index contributed by atoms with van der Waals surface area (Å²) >= 11 is 1.58. The predicted octanol–water partition coefficient (Wildman–Crippen LogP) is 3.67. The van der Waals surface area contributed by atoms with Crippen molar-refractivity contribution in [3.63, 3.8) is 0 Å². The molecule has 142 valence electrons. The number of hydrogen-bond acceptors (Lipinski definition) is 6. The van der Waals surface area contributed by atoms with Crippen LogP contribution in [0.25, 0.3) is 0 Å². The molecule has 0 unspecified atom stereocenters. The number of halogens is 2. The summed E-state index contributed by atoms with van der Waals surface area (Å²) in [5.74, 6) is -0.885. The molecule has 0 aliphatic carbocycles. The molecule has 2 aliphatic rings. The van der Waals surface area contributed by atoms with E-state index in [0.717, 1.165) is 37.2 Å². The van der Waals surface area contributed by atoms with Crippen LogP contribution in [0.4, 0.5) is 8.78 Å². The minimum Gasteiger partial charge on any atom is -0.387 e. The third-order valence-electron chi connectivity index (χ3n) is 5.08. The average molecular weight is 391 g/mol. The van der Waals surface area contributed by atoms with Gasteiger partial charge in [-0.05, 0) is 38.1 Å². The molecule has 0 bridgehead atoms. The number of piperidine rings is 1. The smallest absolute Gasteiger partial charge is 0.164 e. The topological polar surface area (TPSA) is 54.8 Å². The maximum Gasteiger partial charge on any atom is 0.164 e. The molecule has 2 aliphatic heterocycles. The van der Waals surface area contributed by atoms with Gasteiger partial charge < -0.3 is 9.63 Å². The Hall–Kier alpha value is -2.19. The van der Waals surface area contributed by atoms with Crippen molar-refractivity contribution in [1.29, 1.82) is 0 Å². The van der Waals surface area contributed by atoms with E-state index in [9.17, 15) is 13.6 Å². The van der Waals surface area contributed by atoms with Crippen LogP contribution >= 0.6 is 11.3 Å². The molecule has 1 fully saturated rings. The number of carbonyl (C=O) groups excluding carboxylic acids is 1. The van der Waals surface area contributed by atoms with Gasteiger partial charge in [0.15, 0.2) is 6.10 Å². The lowest BCUT2D eigenvalue weighted by Gasteiger charge is -2.29. The summed E-state index contributed by atoms with van der Waals surface area (Å²) in [6.45, 7) is 2.26. The second-order valence-electron chi connectivity index (χ2n) is 6.78. The Kier molecular flexibility index (Phi) is 5.27. The minimum atomic E-state index is -0.766. The van der Waals surface area contributed by atoms with Crippen LogP contribution in [0, 0.1) is 11.6 Å². The highest BCUT2D eigenvalue weighted by Gasteiger charge is 2.31. The van der Waals surface area contributed by atoms with Crippen molar-refractivity contribution in [2.24, 2.45) is 5.16 Å². The minimum absolute atomic E-state index is 0.0887. The number of nitrogens with zero attached hydrogens (tertiary/aromatic N) is 3. The zero-order valence-electron chi connectivity index (χ0n) is 14.6. The van der Waals surface area contributed by atoms with Crippen molar-refractivity contribution >= 4 is 23.3 Å². The first kappa shape index (κ1) is 18.2. The van der Waals surface area contributed by atoms with Crippen LogP contribution in [0.1, 0.15) is 47.5 Å². The van der Waals surface area contributed by atoms with E-state index >= 15 is 0 Å². The van der Waals surface area contributed by atoms with Crippen molar-refractivity contribution in [3.8, 4) is 0 Å². The molecule has 27 heavy (non-hydrogen) atoms. The van der Waals surface area contributed by atoms with Crippen LogP contribution in [-0.4, -0.2) is 41.5 Å². The molecular weight excluding hydrogens is 372 g/mol. The Morgan fingerprint density at radius 3 is 2.70 bits per heavy atom. The summed E-state index contributed by atoms with van der Waals surface area (Å²) in [5, 5.41) is 6.99. The zero-order valence-corrected chi connectivity index (χ0v) is 15.4. The van der Waals surface area contributed by atoms with E-state index < -0.39 is 17.7 Å². The highest BCUT2D eigenvalue weighted by atomic mass is 32.1. The summed E-state index contributed by atoms with van der Waals surface area (Å²) in [6, 6.07) is 3.77. The molecule has 2 aromatic rings. The van der Waals surface area contributed by atoms with Gasteiger partial charge in [0.25, 0.3) is 0 Å². The van der Waals surface area contributed by atoms with E-state index in [4.69, 9.17) is 9.82 Å². The lowest BCUT2D eigenvalue weighted by atomic mass is 9.97. The second-order valence-corrected chi connectivity index (χ2v) is 7.67. The number of thiazole rings is 1. The zero-order chi connectivity index (χ0) is 18.8. The first-order chi connectivity index (χ1) is 13.2. The van der Waals surface area contributed by atoms with Crippen LogP contribution in [0.5, 0.6) is 0 Å². The molecule has 0 saturated carbocycles. The number of aldehydes is 1. The molecule has 4 rings (SSSR count). The second kappa shape index (κ2) is 7.82. The lowest BCUT2D eigenvalue weighted by Crippen LogP contribution is -2.34. The Balaban J connectivity index is 1.42.